The van der Waals surface area contributed by atoms with E-state index in [0.29, 0.717) is 0 Å². The summed E-state index contributed by atoms with van der Waals surface area (Å²) in [6.45, 7) is 0. The second-order valence-corrected chi connectivity index (χ2v) is 7.59. The van der Waals surface area contributed by atoms with Gasteiger partial charge in [-0.15, -0.1) is 0 Å². The van der Waals surface area contributed by atoms with Gasteiger partial charge in [-0.25, -0.2) is 9.38 Å². The van der Waals surface area contributed by atoms with Gasteiger partial charge in [0, 0.05) is 18.1 Å². The summed E-state index contributed by atoms with van der Waals surface area (Å²) in [4.78, 5) is 4.50. The van der Waals surface area contributed by atoms with Gasteiger partial charge in [0.25, 0.3) is 0 Å². The number of halogens is 1. The molecule has 1 aliphatic carbocycles. The third-order valence-corrected chi connectivity index (χ3v) is 5.86. The molecule has 0 radical (unpaired) electrons. The number of aliphatic imine (C=N–C) groups is 1. The van der Waals surface area contributed by atoms with E-state index in [2.05, 4.69) is 11.1 Å². The number of nitrogens with zero attached hydrogens (tertiary/aromatic N) is 4. The van der Waals surface area contributed by atoms with E-state index in [4.69, 9.17) is 5.41 Å². The van der Waals surface area contributed by atoms with Crippen molar-refractivity contribution in [3.05, 3.63) is 71.8 Å². The molecule has 0 saturated heterocycles. The van der Waals surface area contributed by atoms with Crippen LogP contribution < -0.4 is 4.57 Å². The quantitative estimate of drug-likeness (QED) is 0.468. The van der Waals surface area contributed by atoms with Crippen LogP contribution >= 0.6 is 0 Å². The number of nitriles is 2. The number of aliphatic hydroxyl groups is 1. The van der Waals surface area contributed by atoms with E-state index in [1.807, 2.05) is 18.0 Å². The molecule has 0 unspecified atom stereocenters. The number of nitrogens with one attached hydrogen (secondary N) is 1. The minimum atomic E-state index is -1.65. The van der Waals surface area contributed by atoms with Gasteiger partial charge in [0.2, 0.25) is 11.8 Å². The lowest BCUT2D eigenvalue weighted by atomic mass is 9.70. The first-order valence-electron chi connectivity index (χ1n) is 9.67. The van der Waals surface area contributed by atoms with E-state index in [1.165, 1.54) is 6.07 Å². The van der Waals surface area contributed by atoms with Crippen molar-refractivity contribution < 1.29 is 14.1 Å². The standard InChI is InChI=1S/C23H19FN5O/c24-19-7-3-2-6-17(19)20-18(14-27)21(15(12-25)13-26)28-23(30,16-8-9-16)22(20)29-10-4-1-5-11-29/h1-7,10-11,16,18,20,22,25,30H,8-9H2/q+1/t18-,20-,22-,23+/m1/s1. The van der Waals surface area contributed by atoms with Crippen LogP contribution in [-0.2, 0) is 0 Å². The van der Waals surface area contributed by atoms with Crippen molar-refractivity contribution in [3.8, 4) is 12.1 Å². The smallest absolute Gasteiger partial charge is 0.222 e. The first-order valence-corrected chi connectivity index (χ1v) is 9.67. The molecule has 2 N–H and O–H groups in total. The Morgan fingerprint density at radius 1 is 1.17 bits per heavy atom. The molecule has 7 heteroatoms. The van der Waals surface area contributed by atoms with Gasteiger partial charge in [-0.3, -0.25) is 5.41 Å². The molecule has 1 aliphatic heterocycles. The lowest BCUT2D eigenvalue weighted by Gasteiger charge is -2.40. The molecule has 1 aromatic heterocycles. The van der Waals surface area contributed by atoms with Crippen LogP contribution in [0.4, 0.5) is 4.39 Å². The number of rotatable bonds is 4. The molecule has 0 bridgehead atoms. The Bertz CT molecular complexity index is 1140. The van der Waals surface area contributed by atoms with E-state index >= 15 is 0 Å². The second kappa shape index (κ2) is 7.65. The molecular formula is C23H19FN5O+. The van der Waals surface area contributed by atoms with Gasteiger partial charge in [-0.2, -0.15) is 15.1 Å². The zero-order valence-corrected chi connectivity index (χ0v) is 16.0. The summed E-state index contributed by atoms with van der Waals surface area (Å²) >= 11 is 0. The van der Waals surface area contributed by atoms with Crippen molar-refractivity contribution in [3.63, 3.8) is 0 Å². The van der Waals surface area contributed by atoms with Crippen molar-refractivity contribution in [2.75, 3.05) is 0 Å². The molecule has 1 saturated carbocycles. The maximum Gasteiger partial charge on any atom is 0.222 e. The number of aromatic nitrogens is 1. The molecular weight excluding hydrogens is 381 g/mol. The molecule has 4 rings (SSSR count). The SMILES string of the molecule is N#CC(=C=N)C1=N[C@](O)(C2CC2)[C@H]([n+]2ccccc2)[C@H](c2ccccc2F)[C@H]1C#N. The van der Waals surface area contributed by atoms with Crippen LogP contribution in [0.15, 0.2) is 65.4 Å². The van der Waals surface area contributed by atoms with Crippen molar-refractivity contribution in [2.45, 2.75) is 30.5 Å². The van der Waals surface area contributed by atoms with E-state index in [-0.39, 0.29) is 22.8 Å². The minimum Gasteiger partial charge on any atom is -0.364 e. The first-order chi connectivity index (χ1) is 14.5. The van der Waals surface area contributed by atoms with Crippen LogP contribution in [0.5, 0.6) is 0 Å². The van der Waals surface area contributed by atoms with Gasteiger partial charge in [0.1, 0.15) is 23.4 Å². The third kappa shape index (κ3) is 3.11. The van der Waals surface area contributed by atoms with Crippen LogP contribution in [0.25, 0.3) is 0 Å². The van der Waals surface area contributed by atoms with Gasteiger partial charge in [-0.1, -0.05) is 24.3 Å². The van der Waals surface area contributed by atoms with Gasteiger partial charge >= 0.3 is 0 Å². The number of hydrogen-bond acceptors (Lipinski definition) is 5. The Hall–Kier alpha value is -3.64. The summed E-state index contributed by atoms with van der Waals surface area (Å²) in [7, 11) is 0. The highest BCUT2D eigenvalue weighted by Gasteiger charge is 2.62. The Kier molecular flexibility index (Phi) is 5.01. The molecule has 1 aromatic carbocycles. The third-order valence-electron chi connectivity index (χ3n) is 5.86. The van der Waals surface area contributed by atoms with Crippen LogP contribution in [0.2, 0.25) is 0 Å². The minimum absolute atomic E-state index is 0.00886. The van der Waals surface area contributed by atoms with E-state index < -0.39 is 29.4 Å². The van der Waals surface area contributed by atoms with Crippen molar-refractivity contribution in [2.24, 2.45) is 16.8 Å². The Morgan fingerprint density at radius 3 is 2.43 bits per heavy atom. The summed E-state index contributed by atoms with van der Waals surface area (Å²) in [5.41, 5.74) is -1.62. The largest absolute Gasteiger partial charge is 0.364 e. The lowest BCUT2D eigenvalue weighted by Crippen LogP contribution is -2.60. The van der Waals surface area contributed by atoms with Gasteiger partial charge in [-0.05, 0) is 30.3 Å². The fraction of sp³-hybridized carbons (Fsp3) is 0.304. The lowest BCUT2D eigenvalue weighted by molar-refractivity contribution is -0.743. The zero-order chi connectivity index (χ0) is 21.3. The van der Waals surface area contributed by atoms with Crippen LogP contribution in [0.3, 0.4) is 0 Å². The predicted molar refractivity (Wildman–Crippen MR) is 106 cm³/mol. The Morgan fingerprint density at radius 2 is 1.87 bits per heavy atom. The molecule has 0 spiro atoms. The normalized spacial score (nSPS) is 27.9. The summed E-state index contributed by atoms with van der Waals surface area (Å²) in [6, 6.07) is 14.8. The number of benzene rings is 1. The maximum absolute atomic E-state index is 15.0. The second-order valence-electron chi connectivity index (χ2n) is 7.59. The van der Waals surface area contributed by atoms with Gasteiger partial charge < -0.3 is 5.11 Å². The average molecular weight is 400 g/mol. The van der Waals surface area contributed by atoms with Crippen molar-refractivity contribution in [1.29, 1.82) is 15.9 Å². The molecule has 2 heterocycles. The molecule has 0 amide bonds. The monoisotopic (exact) mass is 400 g/mol. The van der Waals surface area contributed by atoms with E-state index in [9.17, 15) is 20.0 Å². The molecule has 2 aliphatic rings. The highest BCUT2D eigenvalue weighted by Crippen LogP contribution is 2.54. The van der Waals surface area contributed by atoms with Crippen molar-refractivity contribution >= 4 is 11.6 Å². The molecule has 2 aromatic rings. The molecule has 30 heavy (non-hydrogen) atoms. The number of pyridine rings is 1. The van der Waals surface area contributed by atoms with E-state index in [0.717, 1.165) is 12.8 Å². The van der Waals surface area contributed by atoms with Crippen LogP contribution in [0.1, 0.15) is 30.4 Å². The predicted octanol–water partition coefficient (Wildman–Crippen LogP) is 2.83. The number of hydrogen-bond donors (Lipinski definition) is 2. The molecule has 6 nitrogen and oxygen atoms in total. The molecule has 1 fully saturated rings. The highest BCUT2D eigenvalue weighted by molar-refractivity contribution is 6.13. The summed E-state index contributed by atoms with van der Waals surface area (Å²) in [6.07, 6.45) is 4.99. The summed E-state index contributed by atoms with van der Waals surface area (Å²) < 4.78 is 16.7. The summed E-state index contributed by atoms with van der Waals surface area (Å²) in [5, 5.41) is 38.8. The first kappa shape index (κ1) is 19.7. The fourth-order valence-corrected chi connectivity index (χ4v) is 4.39. The topological polar surface area (TPSA) is 108 Å². The highest BCUT2D eigenvalue weighted by atomic mass is 19.1. The Balaban J connectivity index is 2.04. The van der Waals surface area contributed by atoms with Crippen LogP contribution in [-0.4, -0.2) is 22.4 Å². The molecule has 4 atom stereocenters. The maximum atomic E-state index is 15.0. The zero-order valence-electron chi connectivity index (χ0n) is 16.0. The van der Waals surface area contributed by atoms with E-state index in [1.54, 1.807) is 47.3 Å². The van der Waals surface area contributed by atoms with Gasteiger partial charge in [0.05, 0.1) is 17.7 Å². The Labute approximate surface area is 173 Å². The fourth-order valence-electron chi connectivity index (χ4n) is 4.39. The number of allylic oxidation sites excluding steroid dienone is 1. The van der Waals surface area contributed by atoms with Gasteiger partial charge in [0.15, 0.2) is 12.4 Å². The molecule has 148 valence electrons. The van der Waals surface area contributed by atoms with Crippen molar-refractivity contribution in [1.82, 2.24) is 0 Å². The van der Waals surface area contributed by atoms with Crippen LogP contribution in [0, 0.1) is 45.7 Å². The summed E-state index contributed by atoms with van der Waals surface area (Å²) in [5.74, 6) is -0.510. The average Bonchev–Trinajstić information content (AvgIpc) is 3.61.